The number of amides is 1. The van der Waals surface area contributed by atoms with Gasteiger partial charge in [-0.1, -0.05) is 0 Å². The van der Waals surface area contributed by atoms with Crippen molar-refractivity contribution in [3.8, 4) is 0 Å². The Morgan fingerprint density at radius 2 is 2.22 bits per heavy atom. The molecule has 2 heterocycles. The van der Waals surface area contributed by atoms with Crippen LogP contribution in [0.2, 0.25) is 0 Å². The Kier molecular flexibility index (Phi) is 6.97. The summed E-state index contributed by atoms with van der Waals surface area (Å²) in [7, 11) is 1.61. The number of carbonyl (C=O) groups excluding carboxylic acids is 1. The molecule has 130 valence electrons. The summed E-state index contributed by atoms with van der Waals surface area (Å²) < 4.78 is 38.4. The molecule has 0 bridgehead atoms. The minimum Gasteiger partial charge on any atom is -0.475 e. The van der Waals surface area contributed by atoms with Crippen molar-refractivity contribution in [1.29, 1.82) is 0 Å². The predicted octanol–water partition coefficient (Wildman–Crippen LogP) is -0.0767. The first-order chi connectivity index (χ1) is 10.8. The smallest absolute Gasteiger partial charge is 0.475 e. The van der Waals surface area contributed by atoms with E-state index >= 15 is 0 Å². The molecule has 8 nitrogen and oxygen atoms in total. The SMILES string of the molecule is COCCNC(=O)C1CNCc2ccnn21.O=C(O)C(F)(F)F. The Balaban J connectivity index is 0.000000322. The third-order valence-corrected chi connectivity index (χ3v) is 2.84. The molecule has 0 saturated carbocycles. The number of ether oxygens (including phenoxy) is 1. The average Bonchev–Trinajstić information content (AvgIpc) is 2.95. The zero-order valence-corrected chi connectivity index (χ0v) is 12.3. The van der Waals surface area contributed by atoms with Crippen molar-refractivity contribution in [1.82, 2.24) is 20.4 Å². The lowest BCUT2D eigenvalue weighted by Crippen LogP contribution is -2.43. The highest BCUT2D eigenvalue weighted by Gasteiger charge is 2.38. The molecule has 0 spiro atoms. The van der Waals surface area contributed by atoms with Crippen LogP contribution in [0.3, 0.4) is 0 Å². The molecule has 0 radical (unpaired) electrons. The summed E-state index contributed by atoms with van der Waals surface area (Å²) >= 11 is 0. The van der Waals surface area contributed by atoms with Crippen LogP contribution in [0, 0.1) is 0 Å². The molecule has 0 fully saturated rings. The van der Waals surface area contributed by atoms with Crippen LogP contribution < -0.4 is 10.6 Å². The number of carboxylic acids is 1. The molecule has 1 aromatic rings. The number of fused-ring (bicyclic) bond motifs is 1. The lowest BCUT2D eigenvalue weighted by molar-refractivity contribution is -0.192. The van der Waals surface area contributed by atoms with Crippen molar-refractivity contribution in [2.24, 2.45) is 0 Å². The number of halogens is 3. The van der Waals surface area contributed by atoms with Gasteiger partial charge in [0.1, 0.15) is 6.04 Å². The fourth-order valence-corrected chi connectivity index (χ4v) is 1.78. The van der Waals surface area contributed by atoms with Crippen molar-refractivity contribution in [2.45, 2.75) is 18.8 Å². The van der Waals surface area contributed by atoms with Crippen molar-refractivity contribution in [2.75, 3.05) is 26.8 Å². The van der Waals surface area contributed by atoms with Gasteiger partial charge < -0.3 is 20.5 Å². The van der Waals surface area contributed by atoms with E-state index in [0.29, 0.717) is 19.7 Å². The van der Waals surface area contributed by atoms with E-state index in [1.54, 1.807) is 18.0 Å². The number of alkyl halides is 3. The summed E-state index contributed by atoms with van der Waals surface area (Å²) in [5.41, 5.74) is 1.04. The van der Waals surface area contributed by atoms with E-state index in [1.807, 2.05) is 6.07 Å². The van der Waals surface area contributed by atoms with Gasteiger partial charge in [-0.15, -0.1) is 0 Å². The van der Waals surface area contributed by atoms with E-state index in [0.717, 1.165) is 12.2 Å². The first-order valence-electron chi connectivity index (χ1n) is 6.57. The van der Waals surface area contributed by atoms with Gasteiger partial charge in [0.15, 0.2) is 0 Å². The third-order valence-electron chi connectivity index (χ3n) is 2.84. The highest BCUT2D eigenvalue weighted by atomic mass is 19.4. The maximum absolute atomic E-state index is 11.9. The van der Waals surface area contributed by atoms with E-state index in [2.05, 4.69) is 15.7 Å². The lowest BCUT2D eigenvalue weighted by atomic mass is 10.2. The number of nitrogens with one attached hydrogen (secondary N) is 2. The van der Waals surface area contributed by atoms with Crippen LogP contribution in [0.15, 0.2) is 12.3 Å². The topological polar surface area (TPSA) is 105 Å². The van der Waals surface area contributed by atoms with E-state index in [4.69, 9.17) is 14.6 Å². The van der Waals surface area contributed by atoms with Crippen LogP contribution in [-0.4, -0.2) is 59.7 Å². The minimum absolute atomic E-state index is 0.0193. The van der Waals surface area contributed by atoms with Crippen LogP contribution in [0.25, 0.3) is 0 Å². The molecule has 3 N–H and O–H groups in total. The zero-order chi connectivity index (χ0) is 17.5. The molecule has 1 aliphatic rings. The molecular weight excluding hydrogens is 321 g/mol. The van der Waals surface area contributed by atoms with Crippen molar-refractivity contribution < 1.29 is 32.6 Å². The Labute approximate surface area is 129 Å². The zero-order valence-electron chi connectivity index (χ0n) is 12.3. The van der Waals surface area contributed by atoms with Gasteiger partial charge in [-0.2, -0.15) is 18.3 Å². The molecule has 1 aromatic heterocycles. The number of aliphatic carboxylic acids is 1. The molecular formula is C12H17F3N4O4. The van der Waals surface area contributed by atoms with E-state index < -0.39 is 12.1 Å². The van der Waals surface area contributed by atoms with Crippen molar-refractivity contribution in [3.05, 3.63) is 18.0 Å². The largest absolute Gasteiger partial charge is 0.490 e. The number of aromatic nitrogens is 2. The molecule has 0 aromatic carbocycles. The quantitative estimate of drug-likeness (QED) is 0.664. The number of carboxylic acid groups (broad SMARTS) is 1. The summed E-state index contributed by atoms with van der Waals surface area (Å²) in [5.74, 6) is -2.78. The second kappa shape index (κ2) is 8.48. The third kappa shape index (κ3) is 5.87. The van der Waals surface area contributed by atoms with Gasteiger partial charge in [0.05, 0.1) is 12.3 Å². The van der Waals surface area contributed by atoms with E-state index in [9.17, 15) is 18.0 Å². The Hall–Kier alpha value is -2.14. The normalized spacial score (nSPS) is 16.8. The van der Waals surface area contributed by atoms with Crippen LogP contribution >= 0.6 is 0 Å². The second-order valence-corrected chi connectivity index (χ2v) is 4.50. The van der Waals surface area contributed by atoms with Crippen LogP contribution in [-0.2, 0) is 20.9 Å². The minimum atomic E-state index is -5.08. The average molecular weight is 338 g/mol. The first kappa shape index (κ1) is 18.9. The maximum Gasteiger partial charge on any atom is 0.490 e. The Morgan fingerprint density at radius 1 is 1.57 bits per heavy atom. The fraction of sp³-hybridized carbons (Fsp3) is 0.583. The first-order valence-corrected chi connectivity index (χ1v) is 6.57. The number of methoxy groups -OCH3 is 1. The standard InChI is InChI=1S/C10H16N4O2.C2HF3O2/c1-16-5-4-12-10(15)9-7-11-6-8-2-3-13-14(8)9;3-2(4,5)1(6)7/h2-3,9,11H,4-7H2,1H3,(H,12,15);(H,6,7). The monoisotopic (exact) mass is 338 g/mol. The van der Waals surface area contributed by atoms with Gasteiger partial charge in [-0.05, 0) is 6.07 Å². The number of rotatable bonds is 4. The molecule has 1 amide bonds. The number of nitrogens with zero attached hydrogens (tertiary/aromatic N) is 2. The van der Waals surface area contributed by atoms with Crippen LogP contribution in [0.1, 0.15) is 11.7 Å². The van der Waals surface area contributed by atoms with Gasteiger partial charge in [0, 0.05) is 32.9 Å². The number of hydrogen-bond donors (Lipinski definition) is 3. The summed E-state index contributed by atoms with van der Waals surface area (Å²) in [4.78, 5) is 20.8. The molecule has 0 aliphatic carbocycles. The molecule has 1 unspecified atom stereocenters. The lowest BCUT2D eigenvalue weighted by Gasteiger charge is -2.24. The Morgan fingerprint density at radius 3 is 2.78 bits per heavy atom. The van der Waals surface area contributed by atoms with E-state index in [-0.39, 0.29) is 11.9 Å². The van der Waals surface area contributed by atoms with Gasteiger partial charge in [0.25, 0.3) is 0 Å². The molecule has 1 aliphatic heterocycles. The number of hydrogen-bond acceptors (Lipinski definition) is 5. The highest BCUT2D eigenvalue weighted by molar-refractivity contribution is 5.80. The number of carbonyl (C=O) groups is 2. The van der Waals surface area contributed by atoms with Crippen LogP contribution in [0.5, 0.6) is 0 Å². The van der Waals surface area contributed by atoms with Crippen molar-refractivity contribution in [3.63, 3.8) is 0 Å². The molecule has 2 rings (SSSR count). The maximum atomic E-state index is 11.9. The summed E-state index contributed by atoms with van der Waals surface area (Å²) in [6.45, 7) is 2.44. The molecule has 11 heteroatoms. The van der Waals surface area contributed by atoms with Gasteiger partial charge >= 0.3 is 12.1 Å². The van der Waals surface area contributed by atoms with E-state index in [1.165, 1.54) is 0 Å². The molecule has 0 saturated heterocycles. The molecule has 23 heavy (non-hydrogen) atoms. The molecule has 1 atom stereocenters. The second-order valence-electron chi connectivity index (χ2n) is 4.50. The van der Waals surface area contributed by atoms with Gasteiger partial charge in [-0.25, -0.2) is 4.79 Å². The predicted molar refractivity (Wildman–Crippen MR) is 71.5 cm³/mol. The van der Waals surface area contributed by atoms with Gasteiger partial charge in [-0.3, -0.25) is 9.48 Å². The Bertz CT molecular complexity index is 533. The summed E-state index contributed by atoms with van der Waals surface area (Å²) in [6, 6.07) is 1.66. The van der Waals surface area contributed by atoms with Crippen molar-refractivity contribution >= 4 is 11.9 Å². The summed E-state index contributed by atoms with van der Waals surface area (Å²) in [5, 5.41) is 17.3. The van der Waals surface area contributed by atoms with Gasteiger partial charge in [0.2, 0.25) is 5.91 Å². The summed E-state index contributed by atoms with van der Waals surface area (Å²) in [6.07, 6.45) is -3.36. The fourth-order valence-electron chi connectivity index (χ4n) is 1.78. The van der Waals surface area contributed by atoms with Crippen LogP contribution in [0.4, 0.5) is 13.2 Å². The highest BCUT2D eigenvalue weighted by Crippen LogP contribution is 2.14.